The molecule has 0 bridgehead atoms. The van der Waals surface area contributed by atoms with Gasteiger partial charge < -0.3 is 21.4 Å². The maximum atomic E-state index is 12.8. The third-order valence-corrected chi connectivity index (χ3v) is 7.89. The summed E-state index contributed by atoms with van der Waals surface area (Å²) in [6.07, 6.45) is 3.14. The van der Waals surface area contributed by atoms with E-state index >= 15 is 0 Å². The van der Waals surface area contributed by atoms with Crippen LogP contribution in [0.5, 0.6) is 0 Å². The second kappa shape index (κ2) is 9.42. The Morgan fingerprint density at radius 1 is 1.48 bits per heavy atom. The highest BCUT2D eigenvalue weighted by atomic mass is 35.5. The third kappa shape index (κ3) is 4.41. The number of hydrogen-bond acceptors (Lipinski definition) is 12. The number of carboxylic acid groups (broad SMARTS) is 1. The van der Waals surface area contributed by atoms with Crippen LogP contribution in [0.2, 0.25) is 4.34 Å². The van der Waals surface area contributed by atoms with Crippen molar-refractivity contribution in [3.8, 4) is 0 Å². The van der Waals surface area contributed by atoms with Gasteiger partial charge in [0.1, 0.15) is 32.8 Å². The van der Waals surface area contributed by atoms with Gasteiger partial charge in [-0.05, 0) is 11.5 Å². The first-order valence-corrected chi connectivity index (χ1v) is 12.0. The van der Waals surface area contributed by atoms with Gasteiger partial charge in [0.15, 0.2) is 10.8 Å². The number of fused-ring (bicyclic) bond motifs is 1. The van der Waals surface area contributed by atoms with Crippen LogP contribution in [0.25, 0.3) is 6.08 Å². The lowest BCUT2D eigenvalue weighted by atomic mass is 10.0. The van der Waals surface area contributed by atoms with Gasteiger partial charge in [-0.1, -0.05) is 39.9 Å². The van der Waals surface area contributed by atoms with E-state index in [1.165, 1.54) is 18.0 Å². The van der Waals surface area contributed by atoms with Gasteiger partial charge >= 0.3 is 5.97 Å². The summed E-state index contributed by atoms with van der Waals surface area (Å²) in [7, 11) is 0. The second-order valence-corrected chi connectivity index (χ2v) is 10.1. The zero-order chi connectivity index (χ0) is 23.7. The first-order valence-electron chi connectivity index (χ1n) is 8.87. The van der Waals surface area contributed by atoms with Crippen molar-refractivity contribution in [3.05, 3.63) is 37.9 Å². The molecule has 1 saturated heterocycles. The first kappa shape index (κ1) is 23.1. The van der Waals surface area contributed by atoms with Crippen molar-refractivity contribution < 1.29 is 24.7 Å². The zero-order valence-corrected chi connectivity index (χ0v) is 19.3. The molecular formula is C16H13ClN8O5S3. The SMILES string of the molecule is Nc1nc(/C(=N/O)C(=O)N[C@@H]2C(=O)N3C(C(=O)O)=C(S/C=C/c4cn[nH]n4)CS[C@H]23)c(Cl)s1. The number of thioether (sulfide) groups is 2. The third-order valence-electron chi connectivity index (χ3n) is 4.45. The van der Waals surface area contributed by atoms with E-state index in [-0.39, 0.29) is 20.9 Å². The lowest BCUT2D eigenvalue weighted by molar-refractivity contribution is -0.150. The van der Waals surface area contributed by atoms with E-state index < -0.39 is 34.9 Å². The van der Waals surface area contributed by atoms with E-state index in [9.17, 15) is 24.7 Å². The molecular weight excluding hydrogens is 516 g/mol. The number of nitrogens with one attached hydrogen (secondary N) is 2. The van der Waals surface area contributed by atoms with Gasteiger partial charge in [0, 0.05) is 10.7 Å². The van der Waals surface area contributed by atoms with Crippen LogP contribution in [0, 0.1) is 0 Å². The lowest BCUT2D eigenvalue weighted by Crippen LogP contribution is -2.71. The fourth-order valence-electron chi connectivity index (χ4n) is 3.03. The maximum Gasteiger partial charge on any atom is 0.353 e. The van der Waals surface area contributed by atoms with E-state index in [4.69, 9.17) is 17.3 Å². The molecule has 0 spiro atoms. The van der Waals surface area contributed by atoms with E-state index in [1.54, 1.807) is 11.5 Å². The number of hydrogen-bond donors (Lipinski definition) is 5. The maximum absolute atomic E-state index is 12.8. The molecule has 0 radical (unpaired) electrons. The molecule has 2 aromatic rings. The number of nitrogens with zero attached hydrogens (tertiary/aromatic N) is 5. The molecule has 2 aromatic heterocycles. The number of β-lactam (4-membered cyclic amide) rings is 1. The molecule has 17 heteroatoms. The van der Waals surface area contributed by atoms with Gasteiger partial charge in [0.25, 0.3) is 11.8 Å². The quantitative estimate of drug-likeness (QED) is 0.147. The van der Waals surface area contributed by atoms with Crippen LogP contribution in [0.15, 0.2) is 27.4 Å². The van der Waals surface area contributed by atoms with Crippen molar-refractivity contribution in [1.82, 2.24) is 30.6 Å². The monoisotopic (exact) mass is 528 g/mol. The zero-order valence-electron chi connectivity index (χ0n) is 16.1. The molecule has 2 amide bonds. The van der Waals surface area contributed by atoms with Crippen LogP contribution >= 0.6 is 46.5 Å². The predicted molar refractivity (Wildman–Crippen MR) is 123 cm³/mol. The predicted octanol–water partition coefficient (Wildman–Crippen LogP) is 0.775. The highest BCUT2D eigenvalue weighted by Gasteiger charge is 2.54. The number of aliphatic carboxylic acids is 1. The largest absolute Gasteiger partial charge is 0.477 e. The molecule has 0 saturated carbocycles. The molecule has 2 atom stereocenters. The summed E-state index contributed by atoms with van der Waals surface area (Å²) in [5.41, 5.74) is 5.33. The Morgan fingerprint density at radius 3 is 2.88 bits per heavy atom. The summed E-state index contributed by atoms with van der Waals surface area (Å²) < 4.78 is 0.0421. The molecule has 13 nitrogen and oxygen atoms in total. The van der Waals surface area contributed by atoms with E-state index in [0.29, 0.717) is 16.4 Å². The molecule has 0 aromatic carbocycles. The summed E-state index contributed by atoms with van der Waals surface area (Å²) >= 11 is 9.29. The van der Waals surface area contributed by atoms with Crippen molar-refractivity contribution >= 4 is 81.2 Å². The summed E-state index contributed by atoms with van der Waals surface area (Å²) in [6.45, 7) is 0. The normalized spacial score (nSPS) is 20.7. The number of carbonyl (C=O) groups is 3. The number of rotatable bonds is 7. The Hall–Kier alpha value is -3.08. The number of nitrogen functional groups attached to an aromatic ring is 1. The number of aromatic amines is 1. The van der Waals surface area contributed by atoms with Crippen LogP contribution in [-0.2, 0) is 14.4 Å². The molecule has 1 fully saturated rings. The van der Waals surface area contributed by atoms with E-state index in [2.05, 4.69) is 30.9 Å². The summed E-state index contributed by atoms with van der Waals surface area (Å²) in [4.78, 5) is 42.7. The van der Waals surface area contributed by atoms with Crippen LogP contribution in [-0.4, -0.2) is 76.3 Å². The number of carbonyl (C=O) groups excluding carboxylic acids is 2. The number of nitrogens with two attached hydrogens (primary N) is 1. The number of carboxylic acids is 1. The molecule has 172 valence electrons. The number of halogens is 1. The van der Waals surface area contributed by atoms with Crippen LogP contribution < -0.4 is 11.1 Å². The Bertz CT molecular complexity index is 1210. The molecule has 0 aliphatic carbocycles. The van der Waals surface area contributed by atoms with E-state index in [0.717, 1.165) is 28.0 Å². The number of H-pyrrole nitrogens is 1. The van der Waals surface area contributed by atoms with Gasteiger partial charge in [-0.2, -0.15) is 15.4 Å². The van der Waals surface area contributed by atoms with Crippen molar-refractivity contribution in [3.63, 3.8) is 0 Å². The smallest absolute Gasteiger partial charge is 0.353 e. The van der Waals surface area contributed by atoms with Gasteiger partial charge in [-0.15, -0.1) is 11.8 Å². The number of aromatic nitrogens is 4. The average molecular weight is 529 g/mol. The Morgan fingerprint density at radius 2 is 2.27 bits per heavy atom. The molecule has 2 aliphatic heterocycles. The van der Waals surface area contributed by atoms with Crippen LogP contribution in [0.4, 0.5) is 5.13 Å². The van der Waals surface area contributed by atoms with Crippen molar-refractivity contribution in [2.24, 2.45) is 5.16 Å². The summed E-state index contributed by atoms with van der Waals surface area (Å²) in [6, 6.07) is -1.03. The van der Waals surface area contributed by atoms with Crippen LogP contribution in [0.1, 0.15) is 11.4 Å². The molecule has 33 heavy (non-hydrogen) atoms. The summed E-state index contributed by atoms with van der Waals surface area (Å²) in [5, 5.41) is 35.4. The number of amides is 2. The van der Waals surface area contributed by atoms with Gasteiger partial charge in [0.2, 0.25) is 0 Å². The molecule has 4 rings (SSSR count). The molecule has 4 heterocycles. The van der Waals surface area contributed by atoms with Gasteiger partial charge in [-0.25, -0.2) is 9.78 Å². The number of anilines is 1. The Labute approximate surface area is 202 Å². The minimum atomic E-state index is -1.27. The molecule has 6 N–H and O–H groups in total. The van der Waals surface area contributed by atoms with Crippen LogP contribution in [0.3, 0.4) is 0 Å². The second-order valence-electron chi connectivity index (χ2n) is 6.38. The number of oxime groups is 1. The van der Waals surface area contributed by atoms with Crippen molar-refractivity contribution in [2.45, 2.75) is 11.4 Å². The standard InChI is InChI=1S/C16H13ClN8O5S3/c17-11-7(21-16(18)33-11)8(23-30)12(26)20-9-13(27)25-10(15(28)29)6(4-32-14(9)25)31-2-1-5-3-19-24-22-5/h1-3,9,14,30H,4H2,(H2,18,21)(H,20,26)(H,28,29)(H,19,22,24)/b2-1+,23-8-/t9-,14-/m1/s1. The highest BCUT2D eigenvalue weighted by molar-refractivity contribution is 8.08. The fourth-order valence-corrected chi connectivity index (χ4v) is 6.30. The summed E-state index contributed by atoms with van der Waals surface area (Å²) in [5.74, 6) is -2.48. The van der Waals surface area contributed by atoms with Gasteiger partial charge in [-0.3, -0.25) is 14.5 Å². The topological polar surface area (TPSA) is 200 Å². The molecule has 0 unspecified atom stereocenters. The minimum Gasteiger partial charge on any atom is -0.477 e. The first-order chi connectivity index (χ1) is 15.8. The minimum absolute atomic E-state index is 0.0421. The van der Waals surface area contributed by atoms with E-state index in [1.807, 2.05) is 0 Å². The number of thiazole rings is 1. The van der Waals surface area contributed by atoms with Crippen molar-refractivity contribution in [1.29, 1.82) is 0 Å². The fraction of sp³-hybridized carbons (Fsp3) is 0.188. The van der Waals surface area contributed by atoms with Crippen molar-refractivity contribution in [2.75, 3.05) is 11.5 Å². The molecule has 2 aliphatic rings. The highest BCUT2D eigenvalue weighted by Crippen LogP contribution is 2.43. The Kier molecular flexibility index (Phi) is 6.59. The Balaban J connectivity index is 1.49. The van der Waals surface area contributed by atoms with Gasteiger partial charge in [0.05, 0.1) is 6.20 Å². The lowest BCUT2D eigenvalue weighted by Gasteiger charge is -2.49. The average Bonchev–Trinajstić information content (AvgIpc) is 3.41.